The van der Waals surface area contributed by atoms with Crippen LogP contribution in [0.25, 0.3) is 0 Å². The molecule has 17 heavy (non-hydrogen) atoms. The molecule has 0 saturated heterocycles. The predicted octanol–water partition coefficient (Wildman–Crippen LogP) is 1.57. The minimum atomic E-state index is -0.109. The molecule has 4 heteroatoms. The van der Waals surface area contributed by atoms with Gasteiger partial charge in [0.15, 0.2) is 0 Å². The number of nitrogens with one attached hydrogen (secondary N) is 1. The largest absolute Gasteiger partial charge is 0.355 e. The molecule has 92 valence electrons. The number of nitrogens with zero attached hydrogens (tertiary/aromatic N) is 1. The minimum absolute atomic E-state index is 0.0359. The lowest BCUT2D eigenvalue weighted by Gasteiger charge is -2.43. The maximum atomic E-state index is 11.7. The van der Waals surface area contributed by atoms with Gasteiger partial charge in [0.25, 0.3) is 0 Å². The van der Waals surface area contributed by atoms with Crippen molar-refractivity contribution in [3.05, 3.63) is 24.3 Å². The van der Waals surface area contributed by atoms with E-state index in [4.69, 9.17) is 5.73 Å². The van der Waals surface area contributed by atoms with Gasteiger partial charge in [0.05, 0.1) is 17.9 Å². The number of nitrogens with two attached hydrogens (primary N) is 1. The topological polar surface area (TPSA) is 58.4 Å². The Morgan fingerprint density at radius 3 is 2.82 bits per heavy atom. The lowest BCUT2D eigenvalue weighted by molar-refractivity contribution is -0.115. The number of para-hydroxylation sites is 2. The van der Waals surface area contributed by atoms with Crippen LogP contribution in [-0.4, -0.2) is 24.5 Å². The molecule has 0 spiro atoms. The van der Waals surface area contributed by atoms with Crippen LogP contribution in [0.15, 0.2) is 24.3 Å². The van der Waals surface area contributed by atoms with E-state index in [2.05, 4.69) is 24.1 Å². The Morgan fingerprint density at radius 1 is 1.41 bits per heavy atom. The second kappa shape index (κ2) is 4.37. The number of carbonyl (C=O) groups is 1. The van der Waals surface area contributed by atoms with Crippen LogP contribution < -0.4 is 16.0 Å². The van der Waals surface area contributed by atoms with Gasteiger partial charge in [-0.15, -0.1) is 0 Å². The van der Waals surface area contributed by atoms with Crippen molar-refractivity contribution in [1.82, 2.24) is 0 Å². The molecule has 0 atom stereocenters. The lowest BCUT2D eigenvalue weighted by Crippen LogP contribution is -2.51. The van der Waals surface area contributed by atoms with Crippen molar-refractivity contribution in [2.24, 2.45) is 5.73 Å². The van der Waals surface area contributed by atoms with Gasteiger partial charge >= 0.3 is 0 Å². The van der Waals surface area contributed by atoms with Crippen molar-refractivity contribution in [2.75, 3.05) is 23.3 Å². The Morgan fingerprint density at radius 2 is 2.12 bits per heavy atom. The molecule has 0 saturated carbocycles. The van der Waals surface area contributed by atoms with Crippen molar-refractivity contribution in [1.29, 1.82) is 0 Å². The third-order valence-corrected chi connectivity index (χ3v) is 3.26. The number of benzene rings is 1. The third kappa shape index (κ3) is 2.26. The van der Waals surface area contributed by atoms with Gasteiger partial charge in [0.1, 0.15) is 0 Å². The zero-order chi connectivity index (χ0) is 12.5. The van der Waals surface area contributed by atoms with Crippen molar-refractivity contribution >= 4 is 17.3 Å². The SMILES string of the molecule is CC(C)(CCN)N1CC(=O)Nc2ccccc21. The van der Waals surface area contributed by atoms with Crippen molar-refractivity contribution in [3.8, 4) is 0 Å². The van der Waals surface area contributed by atoms with Crippen LogP contribution in [0.1, 0.15) is 20.3 Å². The van der Waals surface area contributed by atoms with E-state index in [0.717, 1.165) is 17.8 Å². The number of fused-ring (bicyclic) bond motifs is 1. The van der Waals surface area contributed by atoms with E-state index in [9.17, 15) is 4.79 Å². The Labute approximate surface area is 102 Å². The molecule has 4 nitrogen and oxygen atoms in total. The summed E-state index contributed by atoms with van der Waals surface area (Å²) in [5.41, 5.74) is 7.50. The number of amides is 1. The molecule has 1 aromatic rings. The quantitative estimate of drug-likeness (QED) is 0.833. The molecule has 1 amide bonds. The van der Waals surface area contributed by atoms with Gasteiger partial charge in [-0.1, -0.05) is 12.1 Å². The Balaban J connectivity index is 2.39. The fourth-order valence-electron chi connectivity index (χ4n) is 2.26. The highest BCUT2D eigenvalue weighted by molar-refractivity contribution is 6.01. The van der Waals surface area contributed by atoms with Gasteiger partial charge in [-0.25, -0.2) is 0 Å². The zero-order valence-corrected chi connectivity index (χ0v) is 10.4. The Kier molecular flexibility index (Phi) is 3.07. The highest BCUT2D eigenvalue weighted by atomic mass is 16.2. The molecule has 0 radical (unpaired) electrons. The van der Waals surface area contributed by atoms with Crippen molar-refractivity contribution in [2.45, 2.75) is 25.8 Å². The van der Waals surface area contributed by atoms with Crippen LogP contribution >= 0.6 is 0 Å². The highest BCUT2D eigenvalue weighted by Gasteiger charge is 2.32. The molecule has 3 N–H and O–H groups in total. The summed E-state index contributed by atoms with van der Waals surface area (Å²) in [6.45, 7) is 5.25. The summed E-state index contributed by atoms with van der Waals surface area (Å²) in [7, 11) is 0. The summed E-state index contributed by atoms with van der Waals surface area (Å²) in [4.78, 5) is 13.8. The zero-order valence-electron chi connectivity index (χ0n) is 10.4. The van der Waals surface area contributed by atoms with E-state index in [1.807, 2.05) is 24.3 Å². The van der Waals surface area contributed by atoms with E-state index >= 15 is 0 Å². The summed E-state index contributed by atoms with van der Waals surface area (Å²) in [6, 6.07) is 7.88. The van der Waals surface area contributed by atoms with Crippen LogP contribution in [0.3, 0.4) is 0 Å². The molecule has 0 bridgehead atoms. The first-order valence-corrected chi connectivity index (χ1v) is 5.91. The summed E-state index contributed by atoms with van der Waals surface area (Å²) in [5.74, 6) is 0.0359. The predicted molar refractivity (Wildman–Crippen MR) is 70.2 cm³/mol. The number of hydrogen-bond donors (Lipinski definition) is 2. The number of rotatable bonds is 3. The molecular weight excluding hydrogens is 214 g/mol. The normalized spacial score (nSPS) is 15.5. The average Bonchev–Trinajstić information content (AvgIpc) is 2.27. The van der Waals surface area contributed by atoms with Crippen LogP contribution in [0.4, 0.5) is 11.4 Å². The molecule has 1 aliphatic heterocycles. The van der Waals surface area contributed by atoms with E-state index in [1.165, 1.54) is 0 Å². The monoisotopic (exact) mass is 233 g/mol. The number of anilines is 2. The van der Waals surface area contributed by atoms with Gasteiger partial charge in [-0.2, -0.15) is 0 Å². The smallest absolute Gasteiger partial charge is 0.243 e. The number of hydrogen-bond acceptors (Lipinski definition) is 3. The summed E-state index contributed by atoms with van der Waals surface area (Å²) < 4.78 is 0. The molecule has 0 fully saturated rings. The fourth-order valence-corrected chi connectivity index (χ4v) is 2.26. The van der Waals surface area contributed by atoms with Crippen LogP contribution in [0, 0.1) is 0 Å². The van der Waals surface area contributed by atoms with Gasteiger partial charge < -0.3 is 16.0 Å². The van der Waals surface area contributed by atoms with Crippen molar-refractivity contribution in [3.63, 3.8) is 0 Å². The molecule has 2 rings (SSSR count). The molecule has 0 aromatic heterocycles. The first-order chi connectivity index (χ1) is 8.04. The third-order valence-electron chi connectivity index (χ3n) is 3.26. The highest BCUT2D eigenvalue weighted by Crippen LogP contribution is 2.34. The average molecular weight is 233 g/mol. The van der Waals surface area contributed by atoms with Gasteiger partial charge in [0, 0.05) is 5.54 Å². The van der Waals surface area contributed by atoms with Gasteiger partial charge in [-0.05, 0) is 38.9 Å². The minimum Gasteiger partial charge on any atom is -0.355 e. The molecule has 1 heterocycles. The molecule has 1 aliphatic rings. The van der Waals surface area contributed by atoms with E-state index in [1.54, 1.807) is 0 Å². The first kappa shape index (κ1) is 11.9. The molecule has 1 aromatic carbocycles. The summed E-state index contributed by atoms with van der Waals surface area (Å²) >= 11 is 0. The maximum absolute atomic E-state index is 11.7. The first-order valence-electron chi connectivity index (χ1n) is 5.91. The van der Waals surface area contributed by atoms with Gasteiger partial charge in [-0.3, -0.25) is 4.79 Å². The standard InChI is InChI=1S/C13H19N3O/c1-13(2,7-8-14)16-9-12(17)15-10-5-3-4-6-11(10)16/h3-6H,7-9,14H2,1-2H3,(H,15,17). The van der Waals surface area contributed by atoms with Crippen molar-refractivity contribution < 1.29 is 4.79 Å². The maximum Gasteiger partial charge on any atom is 0.243 e. The molecule has 0 unspecified atom stereocenters. The summed E-state index contributed by atoms with van der Waals surface area (Å²) in [5, 5.41) is 2.89. The lowest BCUT2D eigenvalue weighted by atomic mass is 9.95. The second-order valence-corrected chi connectivity index (χ2v) is 5.00. The van der Waals surface area contributed by atoms with Crippen LogP contribution in [0.2, 0.25) is 0 Å². The van der Waals surface area contributed by atoms with Crippen LogP contribution in [0.5, 0.6) is 0 Å². The molecular formula is C13H19N3O. The van der Waals surface area contributed by atoms with Crippen LogP contribution in [-0.2, 0) is 4.79 Å². The Hall–Kier alpha value is -1.55. The second-order valence-electron chi connectivity index (χ2n) is 5.00. The van der Waals surface area contributed by atoms with E-state index < -0.39 is 0 Å². The van der Waals surface area contributed by atoms with Gasteiger partial charge in [0.2, 0.25) is 5.91 Å². The summed E-state index contributed by atoms with van der Waals surface area (Å²) in [6.07, 6.45) is 0.856. The fraction of sp³-hybridized carbons (Fsp3) is 0.462. The number of carbonyl (C=O) groups excluding carboxylic acids is 1. The molecule has 0 aliphatic carbocycles. The van der Waals surface area contributed by atoms with E-state index in [0.29, 0.717) is 13.1 Å². The van der Waals surface area contributed by atoms with E-state index in [-0.39, 0.29) is 11.4 Å². The Bertz CT molecular complexity index is 428.